The molecule has 1 aromatic rings. The van der Waals surface area contributed by atoms with Crippen molar-refractivity contribution in [3.8, 4) is 0 Å². The van der Waals surface area contributed by atoms with E-state index in [1.54, 1.807) is 0 Å². The molecule has 1 heterocycles. The van der Waals surface area contributed by atoms with Crippen LogP contribution < -0.4 is 0 Å². The number of amides is 2. The Kier molecular flexibility index (Phi) is 3.94. The Bertz CT molecular complexity index is 497. The highest BCUT2D eigenvalue weighted by molar-refractivity contribution is 6.02. The van der Waals surface area contributed by atoms with Crippen LogP contribution in [0.1, 0.15) is 18.4 Å². The van der Waals surface area contributed by atoms with Gasteiger partial charge >= 0.3 is 5.97 Å². The minimum absolute atomic E-state index is 0.111. The van der Waals surface area contributed by atoms with Gasteiger partial charge in [0.05, 0.1) is 13.5 Å². The summed E-state index contributed by atoms with van der Waals surface area (Å²) in [5.41, 5.74) is 0.816. The molecule has 1 fully saturated rings. The van der Waals surface area contributed by atoms with Gasteiger partial charge in [-0.1, -0.05) is 30.3 Å². The fourth-order valence-electron chi connectivity index (χ4n) is 2.21. The number of ether oxygens (including phenoxy) is 1. The summed E-state index contributed by atoms with van der Waals surface area (Å²) in [6, 6.07) is 8.36. The molecule has 2 rings (SSSR count). The monoisotopic (exact) mass is 261 g/mol. The van der Waals surface area contributed by atoms with Crippen molar-refractivity contribution in [1.29, 1.82) is 0 Å². The summed E-state index contributed by atoms with van der Waals surface area (Å²) in [4.78, 5) is 36.5. The molecular formula is C14H15NO4. The first-order valence-corrected chi connectivity index (χ1v) is 6.10. The molecule has 0 saturated carbocycles. The van der Waals surface area contributed by atoms with Crippen LogP contribution in [0.25, 0.3) is 0 Å². The standard InChI is InChI=1S/C14H15NO4/c1-19-14(18)11-7-8-12(16)15(11)13(17)9-10-5-3-2-4-6-10/h2-6,11H,7-9H2,1H3/t11-/m0/s1. The van der Waals surface area contributed by atoms with Gasteiger partial charge in [-0.3, -0.25) is 14.5 Å². The van der Waals surface area contributed by atoms with Crippen LogP contribution in [-0.2, 0) is 25.5 Å². The largest absolute Gasteiger partial charge is 0.467 e. The van der Waals surface area contributed by atoms with Crippen LogP contribution in [0.4, 0.5) is 0 Å². The minimum atomic E-state index is -0.770. The summed E-state index contributed by atoms with van der Waals surface area (Å²) >= 11 is 0. The van der Waals surface area contributed by atoms with E-state index in [0.29, 0.717) is 6.42 Å². The van der Waals surface area contributed by atoms with E-state index in [0.717, 1.165) is 10.5 Å². The summed E-state index contributed by atoms with van der Waals surface area (Å²) in [5, 5.41) is 0. The lowest BCUT2D eigenvalue weighted by Crippen LogP contribution is -2.44. The highest BCUT2D eigenvalue weighted by Crippen LogP contribution is 2.21. The van der Waals surface area contributed by atoms with Gasteiger partial charge in [-0.15, -0.1) is 0 Å². The van der Waals surface area contributed by atoms with Crippen LogP contribution in [0.3, 0.4) is 0 Å². The molecule has 1 aromatic carbocycles. The predicted octanol–water partition coefficient (Wildman–Crippen LogP) is 0.920. The van der Waals surface area contributed by atoms with Crippen molar-refractivity contribution in [2.75, 3.05) is 7.11 Å². The molecule has 0 radical (unpaired) electrons. The fraction of sp³-hybridized carbons (Fsp3) is 0.357. The third kappa shape index (κ3) is 2.81. The van der Waals surface area contributed by atoms with Gasteiger partial charge in [0.1, 0.15) is 6.04 Å². The van der Waals surface area contributed by atoms with E-state index in [1.165, 1.54) is 7.11 Å². The number of carbonyl (C=O) groups is 3. The predicted molar refractivity (Wildman–Crippen MR) is 67.0 cm³/mol. The average molecular weight is 261 g/mol. The highest BCUT2D eigenvalue weighted by Gasteiger charge is 2.40. The molecule has 0 spiro atoms. The maximum atomic E-state index is 12.2. The molecule has 0 N–H and O–H groups in total. The summed E-state index contributed by atoms with van der Waals surface area (Å²) in [6.45, 7) is 0. The highest BCUT2D eigenvalue weighted by atomic mass is 16.5. The number of carbonyl (C=O) groups excluding carboxylic acids is 3. The van der Waals surface area contributed by atoms with Crippen LogP contribution in [0, 0.1) is 0 Å². The first kappa shape index (κ1) is 13.3. The number of esters is 1. The number of likely N-dealkylation sites (tertiary alicyclic amines) is 1. The summed E-state index contributed by atoms with van der Waals surface area (Å²) < 4.78 is 4.63. The molecule has 19 heavy (non-hydrogen) atoms. The van der Waals surface area contributed by atoms with Crippen molar-refractivity contribution >= 4 is 17.8 Å². The van der Waals surface area contributed by atoms with Crippen molar-refractivity contribution in [3.05, 3.63) is 35.9 Å². The van der Waals surface area contributed by atoms with E-state index in [-0.39, 0.29) is 24.7 Å². The Morgan fingerprint density at radius 2 is 2.00 bits per heavy atom. The molecular weight excluding hydrogens is 246 g/mol. The normalized spacial score (nSPS) is 18.5. The lowest BCUT2D eigenvalue weighted by molar-refractivity contribution is -0.155. The van der Waals surface area contributed by atoms with Gasteiger partial charge in [-0.2, -0.15) is 0 Å². The third-order valence-corrected chi connectivity index (χ3v) is 3.15. The molecule has 1 aliphatic heterocycles. The molecule has 0 unspecified atom stereocenters. The summed E-state index contributed by atoms with van der Waals surface area (Å²) in [7, 11) is 1.25. The SMILES string of the molecule is COC(=O)[C@@H]1CCC(=O)N1C(=O)Cc1ccccc1. The van der Waals surface area contributed by atoms with E-state index in [9.17, 15) is 14.4 Å². The molecule has 100 valence electrons. The number of imide groups is 1. The van der Waals surface area contributed by atoms with Gasteiger partial charge in [0.15, 0.2) is 0 Å². The van der Waals surface area contributed by atoms with Crippen LogP contribution in [-0.4, -0.2) is 35.8 Å². The maximum Gasteiger partial charge on any atom is 0.329 e. The van der Waals surface area contributed by atoms with Crippen molar-refractivity contribution < 1.29 is 19.1 Å². The van der Waals surface area contributed by atoms with Crippen molar-refractivity contribution in [2.45, 2.75) is 25.3 Å². The number of rotatable bonds is 3. The zero-order valence-electron chi connectivity index (χ0n) is 10.7. The van der Waals surface area contributed by atoms with Crippen LogP contribution in [0.5, 0.6) is 0 Å². The average Bonchev–Trinajstić information content (AvgIpc) is 2.81. The Morgan fingerprint density at radius 3 is 2.63 bits per heavy atom. The van der Waals surface area contributed by atoms with Gasteiger partial charge in [0.2, 0.25) is 11.8 Å². The van der Waals surface area contributed by atoms with Crippen molar-refractivity contribution in [3.63, 3.8) is 0 Å². The van der Waals surface area contributed by atoms with Crippen LogP contribution in [0.2, 0.25) is 0 Å². The molecule has 0 aromatic heterocycles. The van der Waals surface area contributed by atoms with Gasteiger partial charge in [-0.25, -0.2) is 4.79 Å². The van der Waals surface area contributed by atoms with Crippen molar-refractivity contribution in [1.82, 2.24) is 4.90 Å². The molecule has 5 nitrogen and oxygen atoms in total. The van der Waals surface area contributed by atoms with Crippen LogP contribution >= 0.6 is 0 Å². The van der Waals surface area contributed by atoms with Gasteiger partial charge in [0, 0.05) is 6.42 Å². The molecule has 1 saturated heterocycles. The van der Waals surface area contributed by atoms with E-state index in [1.807, 2.05) is 30.3 Å². The zero-order chi connectivity index (χ0) is 13.8. The summed E-state index contributed by atoms with van der Waals surface area (Å²) in [6.07, 6.45) is 0.659. The Labute approximate surface area is 111 Å². The second-order valence-corrected chi connectivity index (χ2v) is 4.40. The minimum Gasteiger partial charge on any atom is -0.467 e. The molecule has 2 amide bonds. The number of methoxy groups -OCH3 is 1. The molecule has 1 aliphatic rings. The quantitative estimate of drug-likeness (QED) is 0.759. The second-order valence-electron chi connectivity index (χ2n) is 4.40. The molecule has 1 atom stereocenters. The Balaban J connectivity index is 2.12. The Hall–Kier alpha value is -2.17. The number of hydrogen-bond acceptors (Lipinski definition) is 4. The molecule has 0 bridgehead atoms. The molecule has 5 heteroatoms. The van der Waals surface area contributed by atoms with Gasteiger partial charge in [0.25, 0.3) is 0 Å². The van der Waals surface area contributed by atoms with Gasteiger partial charge in [-0.05, 0) is 12.0 Å². The first-order valence-electron chi connectivity index (χ1n) is 6.10. The lowest BCUT2D eigenvalue weighted by Gasteiger charge is -2.20. The topological polar surface area (TPSA) is 63.7 Å². The second kappa shape index (κ2) is 5.65. The van der Waals surface area contributed by atoms with Crippen LogP contribution in [0.15, 0.2) is 30.3 Å². The van der Waals surface area contributed by atoms with Crippen molar-refractivity contribution in [2.24, 2.45) is 0 Å². The third-order valence-electron chi connectivity index (χ3n) is 3.15. The first-order chi connectivity index (χ1) is 9.13. The summed E-state index contributed by atoms with van der Waals surface area (Å²) in [5.74, 6) is -1.20. The number of hydrogen-bond donors (Lipinski definition) is 0. The van der Waals surface area contributed by atoms with E-state index >= 15 is 0 Å². The van der Waals surface area contributed by atoms with E-state index < -0.39 is 12.0 Å². The smallest absolute Gasteiger partial charge is 0.329 e. The maximum absolute atomic E-state index is 12.2. The number of nitrogens with zero attached hydrogens (tertiary/aromatic N) is 1. The molecule has 0 aliphatic carbocycles. The lowest BCUT2D eigenvalue weighted by atomic mass is 10.1. The zero-order valence-corrected chi connectivity index (χ0v) is 10.7. The number of benzene rings is 1. The van der Waals surface area contributed by atoms with E-state index in [4.69, 9.17) is 0 Å². The van der Waals surface area contributed by atoms with E-state index in [2.05, 4.69) is 4.74 Å². The Morgan fingerprint density at radius 1 is 1.32 bits per heavy atom. The van der Waals surface area contributed by atoms with Gasteiger partial charge < -0.3 is 4.74 Å². The fourth-order valence-corrected chi connectivity index (χ4v) is 2.21.